The van der Waals surface area contributed by atoms with Crippen LogP contribution in [0.3, 0.4) is 0 Å². The summed E-state index contributed by atoms with van der Waals surface area (Å²) in [4.78, 5) is 13.2. The normalized spacial score (nSPS) is 16.7. The molecule has 0 aliphatic heterocycles. The first kappa shape index (κ1) is 24.3. The van der Waals surface area contributed by atoms with Gasteiger partial charge in [0, 0.05) is 11.3 Å². The molecule has 0 fully saturated rings. The number of amides is 1. The highest BCUT2D eigenvalue weighted by molar-refractivity contribution is 6.30. The molecule has 2 unspecified atom stereocenters. The Morgan fingerprint density at radius 2 is 2.03 bits per heavy atom. The van der Waals surface area contributed by atoms with E-state index in [1.807, 2.05) is 19.1 Å². The van der Waals surface area contributed by atoms with Crippen LogP contribution in [0.5, 0.6) is 5.75 Å². The standard InChI is InChI=1S/C27H31ClFN3O2/c1-16(21-7-5-6-17-8-10-20(33)14-22(17)21)26(34)30-15-19-13-25(27(2,3)4)31-32(19)18-9-11-24(29)23(28)12-18/h8-14,16,21,33H,5-7,15H2,1-4H3,(H,30,34). The Morgan fingerprint density at radius 3 is 2.74 bits per heavy atom. The molecule has 0 radical (unpaired) electrons. The van der Waals surface area contributed by atoms with Crippen LogP contribution in [-0.2, 0) is 23.2 Å². The van der Waals surface area contributed by atoms with E-state index in [1.54, 1.807) is 22.9 Å². The number of hydrogen-bond acceptors (Lipinski definition) is 3. The number of benzene rings is 2. The molecule has 2 N–H and O–H groups in total. The van der Waals surface area contributed by atoms with Crippen molar-refractivity contribution in [2.24, 2.45) is 5.92 Å². The van der Waals surface area contributed by atoms with Crippen molar-refractivity contribution in [2.75, 3.05) is 0 Å². The van der Waals surface area contributed by atoms with Crippen LogP contribution in [0.15, 0.2) is 42.5 Å². The summed E-state index contributed by atoms with van der Waals surface area (Å²) >= 11 is 6.02. The fourth-order valence-corrected chi connectivity index (χ4v) is 4.79. The Labute approximate surface area is 205 Å². The first-order valence-electron chi connectivity index (χ1n) is 11.7. The molecular weight excluding hydrogens is 453 g/mol. The van der Waals surface area contributed by atoms with E-state index in [2.05, 4.69) is 26.1 Å². The number of nitrogens with zero attached hydrogens (tertiary/aromatic N) is 2. The van der Waals surface area contributed by atoms with E-state index in [1.165, 1.54) is 17.7 Å². The maximum Gasteiger partial charge on any atom is 0.223 e. The fraction of sp³-hybridized carbons (Fsp3) is 0.407. The lowest BCUT2D eigenvalue weighted by molar-refractivity contribution is -0.125. The van der Waals surface area contributed by atoms with Gasteiger partial charge in [-0.15, -0.1) is 0 Å². The molecule has 7 heteroatoms. The van der Waals surface area contributed by atoms with Crippen molar-refractivity contribution in [3.05, 3.63) is 75.8 Å². The van der Waals surface area contributed by atoms with Crippen molar-refractivity contribution < 1.29 is 14.3 Å². The lowest BCUT2D eigenvalue weighted by atomic mass is 9.76. The van der Waals surface area contributed by atoms with Gasteiger partial charge in [0.25, 0.3) is 0 Å². The van der Waals surface area contributed by atoms with Gasteiger partial charge in [-0.1, -0.05) is 45.4 Å². The number of aromatic nitrogens is 2. The zero-order chi connectivity index (χ0) is 24.6. The summed E-state index contributed by atoms with van der Waals surface area (Å²) < 4.78 is 15.4. The van der Waals surface area contributed by atoms with Gasteiger partial charge in [0.05, 0.1) is 28.6 Å². The van der Waals surface area contributed by atoms with Gasteiger partial charge in [0.2, 0.25) is 5.91 Å². The minimum absolute atomic E-state index is 0.0214. The van der Waals surface area contributed by atoms with Gasteiger partial charge in [-0.05, 0) is 72.7 Å². The number of phenolic OH excluding ortho intramolecular Hbond substituents is 1. The zero-order valence-corrected chi connectivity index (χ0v) is 20.8. The Bertz CT molecular complexity index is 1220. The van der Waals surface area contributed by atoms with Crippen LogP contribution in [-0.4, -0.2) is 20.8 Å². The highest BCUT2D eigenvalue weighted by atomic mass is 35.5. The average molecular weight is 484 g/mol. The van der Waals surface area contributed by atoms with Crippen molar-refractivity contribution in [2.45, 2.75) is 64.8 Å². The van der Waals surface area contributed by atoms with E-state index in [0.717, 1.165) is 36.2 Å². The van der Waals surface area contributed by atoms with Crippen molar-refractivity contribution in [3.63, 3.8) is 0 Å². The van der Waals surface area contributed by atoms with E-state index >= 15 is 0 Å². The number of hydrogen-bond donors (Lipinski definition) is 2. The molecule has 0 saturated heterocycles. The van der Waals surface area contributed by atoms with E-state index in [9.17, 15) is 14.3 Å². The number of carbonyl (C=O) groups is 1. The average Bonchev–Trinajstić information content (AvgIpc) is 3.23. The first-order valence-corrected chi connectivity index (χ1v) is 12.1. The van der Waals surface area contributed by atoms with E-state index < -0.39 is 5.82 Å². The van der Waals surface area contributed by atoms with Crippen LogP contribution in [0.4, 0.5) is 4.39 Å². The summed E-state index contributed by atoms with van der Waals surface area (Å²) in [5.41, 5.74) is 4.35. The van der Waals surface area contributed by atoms with E-state index in [0.29, 0.717) is 5.69 Å². The second-order valence-corrected chi connectivity index (χ2v) is 10.6. The van der Waals surface area contributed by atoms with Crippen LogP contribution < -0.4 is 5.32 Å². The Hall–Kier alpha value is -2.86. The molecule has 1 aliphatic carbocycles. The molecule has 4 rings (SSSR count). The summed E-state index contributed by atoms with van der Waals surface area (Å²) in [6, 6.07) is 11.9. The van der Waals surface area contributed by atoms with Gasteiger partial charge in [-0.3, -0.25) is 4.79 Å². The molecule has 0 bridgehead atoms. The third-order valence-electron chi connectivity index (χ3n) is 6.65. The van der Waals surface area contributed by atoms with Crippen LogP contribution in [0.1, 0.15) is 69.0 Å². The molecule has 5 nitrogen and oxygen atoms in total. The number of nitrogens with one attached hydrogen (secondary N) is 1. The molecule has 2 atom stereocenters. The summed E-state index contributed by atoms with van der Waals surface area (Å²) in [5.74, 6) is -0.504. The van der Waals surface area contributed by atoms with Crippen LogP contribution in [0.2, 0.25) is 5.02 Å². The lowest BCUT2D eigenvalue weighted by Crippen LogP contribution is -2.33. The number of carbonyl (C=O) groups excluding carboxylic acids is 1. The monoisotopic (exact) mass is 483 g/mol. The number of aryl methyl sites for hydroxylation is 1. The Kier molecular flexibility index (Phi) is 6.72. The molecule has 2 aromatic carbocycles. The zero-order valence-electron chi connectivity index (χ0n) is 20.0. The first-order chi connectivity index (χ1) is 16.0. The van der Waals surface area contributed by atoms with Gasteiger partial charge in [-0.2, -0.15) is 5.10 Å². The minimum atomic E-state index is -0.490. The van der Waals surface area contributed by atoms with Crippen molar-refractivity contribution in [3.8, 4) is 11.4 Å². The van der Waals surface area contributed by atoms with Gasteiger partial charge < -0.3 is 10.4 Å². The van der Waals surface area contributed by atoms with Crippen LogP contribution in [0, 0.1) is 11.7 Å². The number of rotatable bonds is 5. The molecule has 34 heavy (non-hydrogen) atoms. The smallest absolute Gasteiger partial charge is 0.223 e. The van der Waals surface area contributed by atoms with Crippen molar-refractivity contribution in [1.82, 2.24) is 15.1 Å². The largest absolute Gasteiger partial charge is 0.508 e. The summed E-state index contributed by atoms with van der Waals surface area (Å²) in [6.45, 7) is 8.42. The molecular formula is C27H31ClFN3O2. The summed E-state index contributed by atoms with van der Waals surface area (Å²) in [6.07, 6.45) is 2.90. The summed E-state index contributed by atoms with van der Waals surface area (Å²) in [5, 5.41) is 17.8. The van der Waals surface area contributed by atoms with Gasteiger partial charge in [-0.25, -0.2) is 9.07 Å². The van der Waals surface area contributed by atoms with E-state index in [-0.39, 0.29) is 40.5 Å². The number of fused-ring (bicyclic) bond motifs is 1. The number of aromatic hydroxyl groups is 1. The predicted molar refractivity (Wildman–Crippen MR) is 132 cm³/mol. The molecule has 1 heterocycles. The minimum Gasteiger partial charge on any atom is -0.508 e. The van der Waals surface area contributed by atoms with Crippen LogP contribution in [0.25, 0.3) is 5.69 Å². The maximum atomic E-state index is 13.7. The molecule has 1 amide bonds. The van der Waals surface area contributed by atoms with Gasteiger partial charge in [0.1, 0.15) is 11.6 Å². The number of halogens is 2. The predicted octanol–water partition coefficient (Wildman–Crippen LogP) is 6.04. The third kappa shape index (κ3) is 4.97. The molecule has 180 valence electrons. The van der Waals surface area contributed by atoms with Gasteiger partial charge >= 0.3 is 0 Å². The molecule has 3 aromatic rings. The van der Waals surface area contributed by atoms with E-state index in [4.69, 9.17) is 16.7 Å². The van der Waals surface area contributed by atoms with Gasteiger partial charge in [0.15, 0.2) is 0 Å². The SMILES string of the molecule is CC(C(=O)NCc1cc(C(C)(C)C)nn1-c1ccc(F)c(Cl)c1)C1CCCc2ccc(O)cc21. The lowest BCUT2D eigenvalue weighted by Gasteiger charge is -2.30. The fourth-order valence-electron chi connectivity index (χ4n) is 4.62. The molecule has 0 saturated carbocycles. The van der Waals surface area contributed by atoms with Crippen LogP contribution >= 0.6 is 11.6 Å². The molecule has 1 aliphatic rings. The second kappa shape index (κ2) is 9.41. The third-order valence-corrected chi connectivity index (χ3v) is 6.94. The molecule has 0 spiro atoms. The quantitative estimate of drug-likeness (QED) is 0.465. The number of phenols is 1. The highest BCUT2D eigenvalue weighted by Gasteiger charge is 2.30. The van der Waals surface area contributed by atoms with Crippen molar-refractivity contribution >= 4 is 17.5 Å². The Morgan fingerprint density at radius 1 is 1.26 bits per heavy atom. The topological polar surface area (TPSA) is 67.2 Å². The maximum absolute atomic E-state index is 13.7. The highest BCUT2D eigenvalue weighted by Crippen LogP contribution is 2.38. The molecule has 1 aromatic heterocycles. The Balaban J connectivity index is 1.56. The second-order valence-electron chi connectivity index (χ2n) is 10.2. The van der Waals surface area contributed by atoms with Crippen molar-refractivity contribution in [1.29, 1.82) is 0 Å². The summed E-state index contributed by atoms with van der Waals surface area (Å²) in [7, 11) is 0.